The lowest BCUT2D eigenvalue weighted by atomic mass is 9.92. The van der Waals surface area contributed by atoms with Crippen molar-refractivity contribution in [3.05, 3.63) is 60.5 Å². The Hall–Kier alpha value is -1.26. The Morgan fingerprint density at radius 1 is 0.704 bits per heavy atom. The quantitative estimate of drug-likeness (QED) is 0.282. The van der Waals surface area contributed by atoms with Gasteiger partial charge in [-0.25, -0.2) is 4.90 Å². The zero-order chi connectivity index (χ0) is 20.2. The van der Waals surface area contributed by atoms with Crippen molar-refractivity contribution in [1.82, 2.24) is 0 Å². The van der Waals surface area contributed by atoms with Crippen molar-refractivity contribution in [2.24, 2.45) is 0 Å². The van der Waals surface area contributed by atoms with Crippen molar-refractivity contribution >= 4 is 63.9 Å². The predicted molar refractivity (Wildman–Crippen MR) is 112 cm³/mol. The fourth-order valence-corrected chi connectivity index (χ4v) is 4.34. The number of hydrogen-bond acceptors (Lipinski definition) is 2. The summed E-state index contributed by atoms with van der Waals surface area (Å²) in [6.07, 6.45) is 0. The highest BCUT2D eigenvalue weighted by Gasteiger charge is 2.44. The van der Waals surface area contributed by atoms with Crippen LogP contribution in [0, 0.1) is 0 Å². The van der Waals surface area contributed by atoms with Gasteiger partial charge in [-0.3, -0.25) is 9.59 Å². The van der Waals surface area contributed by atoms with Crippen molar-refractivity contribution in [3.63, 3.8) is 0 Å². The maximum atomic E-state index is 13.3. The third-order valence-electron chi connectivity index (χ3n) is 4.67. The molecule has 0 unspecified atom stereocenters. The topological polar surface area (TPSA) is 37.4 Å². The monoisotopic (exact) mass is 443 g/mol. The molecular weight excluding hydrogens is 428 g/mol. The van der Waals surface area contributed by atoms with E-state index in [4.69, 9.17) is 46.4 Å². The van der Waals surface area contributed by atoms with Gasteiger partial charge in [-0.1, -0.05) is 92.3 Å². The number of para-hydroxylation sites is 1. The summed E-state index contributed by atoms with van der Waals surface area (Å²) in [5.74, 6) is -0.895. The van der Waals surface area contributed by atoms with Crippen molar-refractivity contribution in [2.75, 3.05) is 4.90 Å². The van der Waals surface area contributed by atoms with Gasteiger partial charge in [-0.05, 0) is 23.0 Å². The van der Waals surface area contributed by atoms with Crippen molar-refractivity contribution in [3.8, 4) is 0 Å². The van der Waals surface area contributed by atoms with Crippen LogP contribution in [0.5, 0.6) is 0 Å². The Morgan fingerprint density at radius 2 is 1.07 bits per heavy atom. The number of amides is 2. The maximum absolute atomic E-state index is 13.3. The highest BCUT2D eigenvalue weighted by Crippen LogP contribution is 2.47. The van der Waals surface area contributed by atoms with Gasteiger partial charge in [0.05, 0.1) is 36.9 Å². The number of fused-ring (bicyclic) bond motifs is 1. The predicted octanol–water partition coefficient (Wildman–Crippen LogP) is 7.35. The molecule has 0 N–H and O–H groups in total. The molecule has 0 saturated heterocycles. The normalized spacial score (nSPS) is 13.9. The fraction of sp³-hybridized carbons (Fsp3) is 0.300. The highest BCUT2D eigenvalue weighted by molar-refractivity contribution is 6.56. The van der Waals surface area contributed by atoms with Gasteiger partial charge < -0.3 is 0 Å². The summed E-state index contributed by atoms with van der Waals surface area (Å²) in [7, 11) is 0. The molecule has 0 radical (unpaired) electrons. The van der Waals surface area contributed by atoms with Gasteiger partial charge in [-0.15, -0.1) is 0 Å². The molecule has 0 aliphatic carbocycles. The molecule has 0 bridgehead atoms. The number of anilines is 1. The third-order valence-corrected chi connectivity index (χ3v) is 6.47. The molecule has 0 spiro atoms. The van der Waals surface area contributed by atoms with E-state index in [9.17, 15) is 9.59 Å². The molecular formula is C20H17Cl4NO2. The minimum absolute atomic E-state index is 0.00525. The number of halogens is 4. The average Bonchev–Trinajstić information content (AvgIpc) is 2.87. The van der Waals surface area contributed by atoms with E-state index in [1.54, 1.807) is 0 Å². The summed E-state index contributed by atoms with van der Waals surface area (Å²) in [5, 5.41) is -0.192. The lowest BCUT2D eigenvalue weighted by Crippen LogP contribution is -2.32. The largest absolute Gasteiger partial charge is 0.268 e. The molecule has 3 nitrogen and oxygen atoms in total. The van der Waals surface area contributed by atoms with E-state index in [0.29, 0.717) is 5.69 Å². The number of carbonyl (C=O) groups is 2. The molecule has 2 amide bonds. The minimum Gasteiger partial charge on any atom is -0.268 e. The van der Waals surface area contributed by atoms with Crippen molar-refractivity contribution in [1.29, 1.82) is 0 Å². The number of nitrogens with zero attached hydrogens (tertiary/aromatic N) is 1. The van der Waals surface area contributed by atoms with Crippen LogP contribution in [0.4, 0.5) is 5.69 Å². The fourth-order valence-electron chi connectivity index (χ4n) is 3.32. The Labute approximate surface area is 178 Å². The Bertz CT molecular complexity index is 909. The SMILES string of the molecule is CC(C)c1cccc(C(C)C)c1N1C(=O)c2c(Cl)c(Cl)c(Cl)c(Cl)c2C1=O. The van der Waals surface area contributed by atoms with Crippen LogP contribution >= 0.6 is 46.4 Å². The first-order valence-electron chi connectivity index (χ1n) is 8.47. The average molecular weight is 445 g/mol. The highest BCUT2D eigenvalue weighted by atomic mass is 35.5. The second-order valence-corrected chi connectivity index (χ2v) is 8.56. The summed E-state index contributed by atoms with van der Waals surface area (Å²) in [4.78, 5) is 27.7. The lowest BCUT2D eigenvalue weighted by molar-refractivity contribution is 0.0925. The number of hydrogen-bond donors (Lipinski definition) is 0. The second-order valence-electron chi connectivity index (χ2n) is 7.05. The van der Waals surface area contributed by atoms with Crippen LogP contribution in [-0.2, 0) is 0 Å². The zero-order valence-corrected chi connectivity index (χ0v) is 18.2. The van der Waals surface area contributed by atoms with E-state index >= 15 is 0 Å². The van der Waals surface area contributed by atoms with Gasteiger partial charge in [-0.2, -0.15) is 0 Å². The molecule has 2 aromatic carbocycles. The van der Waals surface area contributed by atoms with Gasteiger partial charge >= 0.3 is 0 Å². The van der Waals surface area contributed by atoms with Gasteiger partial charge in [0.1, 0.15) is 0 Å². The second kappa shape index (κ2) is 7.29. The molecule has 0 fully saturated rings. The molecule has 142 valence electrons. The van der Waals surface area contributed by atoms with E-state index < -0.39 is 11.8 Å². The Kier molecular flexibility index (Phi) is 5.53. The standard InChI is InChI=1S/C20H17Cl4NO2/c1-8(2)10-6-5-7-11(9(3)4)18(10)25-19(26)12-13(20(25)27)15(22)17(24)16(23)14(12)21/h5-9H,1-4H3. The van der Waals surface area contributed by atoms with E-state index in [1.807, 2.05) is 45.9 Å². The lowest BCUT2D eigenvalue weighted by Gasteiger charge is -2.25. The first-order chi connectivity index (χ1) is 12.6. The number of carbonyl (C=O) groups excluding carboxylic acids is 2. The van der Waals surface area contributed by atoms with E-state index in [2.05, 4.69) is 0 Å². The third kappa shape index (κ3) is 3.05. The van der Waals surface area contributed by atoms with Crippen LogP contribution in [0.2, 0.25) is 20.1 Å². The first kappa shape index (κ1) is 20.5. The molecule has 2 aromatic rings. The van der Waals surface area contributed by atoms with E-state index in [1.165, 1.54) is 0 Å². The molecule has 0 aromatic heterocycles. The minimum atomic E-state index is -0.546. The molecule has 1 aliphatic rings. The summed E-state index contributed by atoms with van der Waals surface area (Å²) in [6.45, 7) is 8.03. The molecule has 0 saturated carbocycles. The van der Waals surface area contributed by atoms with Gasteiger partial charge in [0.15, 0.2) is 0 Å². The van der Waals surface area contributed by atoms with E-state index in [0.717, 1.165) is 16.0 Å². The van der Waals surface area contributed by atoms with Gasteiger partial charge in [0.2, 0.25) is 0 Å². The summed E-state index contributed by atoms with van der Waals surface area (Å²) in [6, 6.07) is 5.76. The molecule has 0 atom stereocenters. The molecule has 1 heterocycles. The molecule has 1 aliphatic heterocycles. The van der Waals surface area contributed by atoms with Crippen LogP contribution in [0.15, 0.2) is 18.2 Å². The van der Waals surface area contributed by atoms with Gasteiger partial charge in [0, 0.05) is 0 Å². The van der Waals surface area contributed by atoms with Crippen molar-refractivity contribution in [2.45, 2.75) is 39.5 Å². The first-order valence-corrected chi connectivity index (χ1v) is 9.98. The molecule has 7 heteroatoms. The number of rotatable bonds is 3. The molecule has 3 rings (SSSR count). The number of benzene rings is 2. The Balaban J connectivity index is 2.34. The summed E-state index contributed by atoms with van der Waals surface area (Å²) < 4.78 is 0. The van der Waals surface area contributed by atoms with E-state index in [-0.39, 0.29) is 43.1 Å². The smallest absolute Gasteiger partial charge is 0.267 e. The van der Waals surface area contributed by atoms with Crippen LogP contribution in [0.1, 0.15) is 71.4 Å². The van der Waals surface area contributed by atoms with Crippen LogP contribution < -0.4 is 4.90 Å². The number of imide groups is 1. The van der Waals surface area contributed by atoms with Gasteiger partial charge in [0.25, 0.3) is 11.8 Å². The maximum Gasteiger partial charge on any atom is 0.267 e. The molecule has 27 heavy (non-hydrogen) atoms. The van der Waals surface area contributed by atoms with Crippen molar-refractivity contribution < 1.29 is 9.59 Å². The van der Waals surface area contributed by atoms with Crippen LogP contribution in [0.25, 0.3) is 0 Å². The summed E-state index contributed by atoms with van der Waals surface area (Å²) in [5.41, 5.74) is 2.34. The Morgan fingerprint density at radius 3 is 1.41 bits per heavy atom. The zero-order valence-electron chi connectivity index (χ0n) is 15.2. The van der Waals surface area contributed by atoms with Crippen LogP contribution in [0.3, 0.4) is 0 Å². The van der Waals surface area contributed by atoms with Crippen LogP contribution in [-0.4, -0.2) is 11.8 Å². The summed E-state index contributed by atoms with van der Waals surface area (Å²) >= 11 is 24.7.